The number of ketones is 1. The second-order valence-electron chi connectivity index (χ2n) is 5.75. The fraction of sp³-hybridized carbons (Fsp3) is 0.150. The predicted molar refractivity (Wildman–Crippen MR) is 101 cm³/mol. The van der Waals surface area contributed by atoms with Gasteiger partial charge in [-0.15, -0.1) is 0 Å². The highest BCUT2D eigenvalue weighted by Gasteiger charge is 2.25. The van der Waals surface area contributed by atoms with Gasteiger partial charge in [-0.1, -0.05) is 48.5 Å². The van der Waals surface area contributed by atoms with Gasteiger partial charge in [0, 0.05) is 5.56 Å². The van der Waals surface area contributed by atoms with Crippen molar-refractivity contribution in [1.29, 1.82) is 0 Å². The molecule has 2 aromatic carbocycles. The van der Waals surface area contributed by atoms with Crippen LogP contribution in [-0.4, -0.2) is 27.7 Å². The number of nitrogens with one attached hydrogen (secondary N) is 1. The molecular weight excluding hydrogens is 346 g/mol. The van der Waals surface area contributed by atoms with E-state index in [4.69, 9.17) is 4.74 Å². The van der Waals surface area contributed by atoms with Crippen molar-refractivity contribution in [2.45, 2.75) is 13.8 Å². The molecule has 0 aliphatic heterocycles. The summed E-state index contributed by atoms with van der Waals surface area (Å²) in [4.78, 5) is 38.0. The Hall–Kier alpha value is -3.61. The molecule has 7 heteroatoms. The quantitative estimate of drug-likeness (QED) is 0.705. The van der Waals surface area contributed by atoms with E-state index in [1.54, 1.807) is 68.4 Å². The monoisotopic (exact) mass is 365 g/mol. The first-order valence-electron chi connectivity index (χ1n) is 8.48. The summed E-state index contributed by atoms with van der Waals surface area (Å²) in [5.74, 6) is -0.378. The van der Waals surface area contributed by atoms with Gasteiger partial charge in [0.2, 0.25) is 5.78 Å². The number of carbonyl (C=O) groups is 2. The van der Waals surface area contributed by atoms with Crippen LogP contribution in [0, 0.1) is 6.92 Å². The summed E-state index contributed by atoms with van der Waals surface area (Å²) >= 11 is 0. The average Bonchev–Trinajstić information content (AvgIpc) is 2.92. The summed E-state index contributed by atoms with van der Waals surface area (Å²) in [6.45, 7) is 3.45. The van der Waals surface area contributed by atoms with Crippen molar-refractivity contribution in [3.8, 4) is 5.69 Å². The van der Waals surface area contributed by atoms with Crippen molar-refractivity contribution < 1.29 is 14.3 Å². The van der Waals surface area contributed by atoms with Crippen molar-refractivity contribution in [2.24, 2.45) is 0 Å². The third-order valence-corrected chi connectivity index (χ3v) is 4.03. The van der Waals surface area contributed by atoms with E-state index in [0.29, 0.717) is 16.9 Å². The van der Waals surface area contributed by atoms with Crippen LogP contribution in [-0.2, 0) is 4.74 Å². The highest BCUT2D eigenvalue weighted by Crippen LogP contribution is 2.16. The van der Waals surface area contributed by atoms with E-state index < -0.39 is 11.8 Å². The summed E-state index contributed by atoms with van der Waals surface area (Å²) in [6.07, 6.45) is -0.813. The van der Waals surface area contributed by atoms with Crippen molar-refractivity contribution in [2.75, 3.05) is 12.0 Å². The standard InChI is InChI=1S/C20H19N3O4/c1-3-27-19(25)21-23-17(18(24)15-10-6-4-7-11-15)14(2)22(20(23)26)16-12-8-5-9-13-16/h4-13H,3H2,1-2H3,(H,21,25). The number of rotatable bonds is 5. The van der Waals surface area contributed by atoms with Gasteiger partial charge in [-0.05, 0) is 26.0 Å². The Kier molecular flexibility index (Phi) is 5.21. The first kappa shape index (κ1) is 18.2. The molecule has 27 heavy (non-hydrogen) atoms. The number of imidazole rings is 1. The zero-order valence-electron chi connectivity index (χ0n) is 15.0. The molecule has 0 spiro atoms. The Labute approximate surface area is 155 Å². The van der Waals surface area contributed by atoms with Crippen molar-refractivity contribution >= 4 is 11.9 Å². The van der Waals surface area contributed by atoms with E-state index in [2.05, 4.69) is 5.43 Å². The number of aromatic nitrogens is 2. The van der Waals surface area contributed by atoms with Gasteiger partial charge >= 0.3 is 11.8 Å². The highest BCUT2D eigenvalue weighted by molar-refractivity contribution is 6.09. The minimum atomic E-state index is -0.813. The van der Waals surface area contributed by atoms with Gasteiger partial charge in [0.25, 0.3) is 0 Å². The smallest absolute Gasteiger partial charge is 0.426 e. The number of carbonyl (C=O) groups excluding carboxylic acids is 2. The molecule has 1 heterocycles. The van der Waals surface area contributed by atoms with Gasteiger partial charge in [0.15, 0.2) is 0 Å². The number of ether oxygens (including phenoxy) is 1. The third-order valence-electron chi connectivity index (χ3n) is 4.03. The molecule has 0 saturated carbocycles. The minimum absolute atomic E-state index is 0.0723. The lowest BCUT2D eigenvalue weighted by Gasteiger charge is -2.09. The largest absolute Gasteiger partial charge is 0.449 e. The molecule has 3 rings (SSSR count). The Morgan fingerprint density at radius 2 is 1.59 bits per heavy atom. The van der Waals surface area contributed by atoms with E-state index >= 15 is 0 Å². The Balaban J connectivity index is 2.19. The maximum atomic E-state index is 13.1. The van der Waals surface area contributed by atoms with E-state index in [1.807, 2.05) is 6.07 Å². The van der Waals surface area contributed by atoms with Gasteiger partial charge in [0.1, 0.15) is 5.69 Å². The van der Waals surface area contributed by atoms with Crippen molar-refractivity contribution in [1.82, 2.24) is 9.24 Å². The Morgan fingerprint density at radius 1 is 1.00 bits per heavy atom. The number of nitrogens with zero attached hydrogens (tertiary/aromatic N) is 2. The van der Waals surface area contributed by atoms with Gasteiger partial charge in [-0.2, -0.15) is 4.68 Å². The fourth-order valence-electron chi connectivity index (χ4n) is 2.84. The lowest BCUT2D eigenvalue weighted by atomic mass is 10.1. The second kappa shape index (κ2) is 7.74. The van der Waals surface area contributed by atoms with Crippen LogP contribution in [0.1, 0.15) is 28.7 Å². The SMILES string of the molecule is CCOC(=O)Nn1c(C(=O)c2ccccc2)c(C)n(-c2ccccc2)c1=O. The van der Waals surface area contributed by atoms with Gasteiger partial charge in [-0.25, -0.2) is 15.0 Å². The normalized spacial score (nSPS) is 10.4. The Bertz CT molecular complexity index is 1020. The zero-order chi connectivity index (χ0) is 19.4. The first-order valence-corrected chi connectivity index (χ1v) is 8.48. The molecule has 138 valence electrons. The molecule has 7 nitrogen and oxygen atoms in total. The molecular formula is C20H19N3O4. The zero-order valence-corrected chi connectivity index (χ0v) is 15.0. The van der Waals surface area contributed by atoms with Crippen LogP contribution < -0.4 is 11.1 Å². The maximum absolute atomic E-state index is 13.1. The van der Waals surface area contributed by atoms with Crippen LogP contribution in [0.5, 0.6) is 0 Å². The summed E-state index contributed by atoms with van der Waals surface area (Å²) in [6, 6.07) is 17.5. The molecule has 0 unspecified atom stereocenters. The number of hydrogen-bond donors (Lipinski definition) is 1. The topological polar surface area (TPSA) is 82.3 Å². The van der Waals surface area contributed by atoms with E-state index in [1.165, 1.54) is 4.57 Å². The summed E-state index contributed by atoms with van der Waals surface area (Å²) < 4.78 is 7.18. The summed E-state index contributed by atoms with van der Waals surface area (Å²) in [7, 11) is 0. The number of amides is 1. The van der Waals surface area contributed by atoms with Crippen molar-refractivity contribution in [3.63, 3.8) is 0 Å². The van der Waals surface area contributed by atoms with Crippen LogP contribution >= 0.6 is 0 Å². The fourth-order valence-corrected chi connectivity index (χ4v) is 2.84. The van der Waals surface area contributed by atoms with Crippen LogP contribution in [0.25, 0.3) is 5.69 Å². The highest BCUT2D eigenvalue weighted by atomic mass is 16.6. The van der Waals surface area contributed by atoms with Gasteiger partial charge < -0.3 is 4.74 Å². The van der Waals surface area contributed by atoms with Crippen LogP contribution in [0.2, 0.25) is 0 Å². The van der Waals surface area contributed by atoms with Gasteiger partial charge in [0.05, 0.1) is 18.0 Å². The lowest BCUT2D eigenvalue weighted by Crippen LogP contribution is -2.36. The van der Waals surface area contributed by atoms with E-state index in [0.717, 1.165) is 4.68 Å². The number of para-hydroxylation sites is 1. The molecule has 1 aromatic heterocycles. The summed E-state index contributed by atoms with van der Waals surface area (Å²) in [5, 5.41) is 0. The van der Waals surface area contributed by atoms with E-state index in [-0.39, 0.29) is 18.1 Å². The third kappa shape index (κ3) is 3.52. The Morgan fingerprint density at radius 3 is 2.19 bits per heavy atom. The lowest BCUT2D eigenvalue weighted by molar-refractivity contribution is 0.103. The average molecular weight is 365 g/mol. The second-order valence-corrected chi connectivity index (χ2v) is 5.75. The maximum Gasteiger partial charge on any atom is 0.426 e. The molecule has 0 atom stereocenters. The molecule has 0 aliphatic rings. The van der Waals surface area contributed by atoms with Gasteiger partial charge in [-0.3, -0.25) is 9.36 Å². The molecule has 0 fully saturated rings. The molecule has 0 radical (unpaired) electrons. The van der Waals surface area contributed by atoms with Crippen LogP contribution in [0.3, 0.4) is 0 Å². The van der Waals surface area contributed by atoms with E-state index in [9.17, 15) is 14.4 Å². The molecule has 3 aromatic rings. The van der Waals surface area contributed by atoms with Crippen molar-refractivity contribution in [3.05, 3.63) is 88.1 Å². The predicted octanol–water partition coefficient (Wildman–Crippen LogP) is 2.88. The minimum Gasteiger partial charge on any atom is -0.449 e. The molecule has 0 saturated heterocycles. The molecule has 0 aliphatic carbocycles. The molecule has 1 amide bonds. The summed E-state index contributed by atoms with van der Waals surface area (Å²) in [5.41, 5.74) is 3.28. The van der Waals surface area contributed by atoms with Crippen LogP contribution in [0.15, 0.2) is 65.5 Å². The number of benzene rings is 2. The molecule has 1 N–H and O–H groups in total. The first-order chi connectivity index (χ1) is 13.0. The number of hydrogen-bond acceptors (Lipinski definition) is 4. The molecule has 0 bridgehead atoms. The van der Waals surface area contributed by atoms with Crippen LogP contribution in [0.4, 0.5) is 4.79 Å².